The zero-order chi connectivity index (χ0) is 21.4. The Morgan fingerprint density at radius 3 is 2.61 bits per heavy atom. The molecule has 31 heavy (non-hydrogen) atoms. The number of fused-ring (bicyclic) bond motifs is 2. The summed E-state index contributed by atoms with van der Waals surface area (Å²) in [6.07, 6.45) is 0. The molecule has 4 nitrogen and oxygen atoms in total. The van der Waals surface area contributed by atoms with Crippen molar-refractivity contribution in [3.63, 3.8) is 0 Å². The molecule has 2 heterocycles. The summed E-state index contributed by atoms with van der Waals surface area (Å²) in [4.78, 5) is 9.72. The number of nitrogens with zero attached hydrogens (tertiary/aromatic N) is 2. The average molecular weight is 427 g/mol. The van der Waals surface area contributed by atoms with E-state index < -0.39 is 0 Å². The molecule has 0 unspecified atom stereocenters. The highest BCUT2D eigenvalue weighted by molar-refractivity contribution is 7.21. The topological polar surface area (TPSA) is 47.6 Å². The predicted molar refractivity (Wildman–Crippen MR) is 127 cm³/mol. The fourth-order valence-corrected chi connectivity index (χ4v) is 4.51. The quantitative estimate of drug-likeness (QED) is 0.312. The van der Waals surface area contributed by atoms with Crippen LogP contribution in [0.1, 0.15) is 18.1 Å². The fraction of sp³-hybridized carbons (Fsp3) is 0.154. The molecule has 154 valence electrons. The zero-order valence-corrected chi connectivity index (χ0v) is 18.5. The van der Waals surface area contributed by atoms with E-state index in [1.807, 2.05) is 31.2 Å². The maximum absolute atomic E-state index is 6.24. The highest BCUT2D eigenvalue weighted by atomic mass is 32.1. The third-order valence-corrected chi connectivity index (χ3v) is 6.10. The van der Waals surface area contributed by atoms with E-state index in [4.69, 9.17) is 19.1 Å². The smallest absolute Gasteiger partial charge is 0.210 e. The molecule has 5 rings (SSSR count). The Morgan fingerprint density at radius 1 is 1.00 bits per heavy atom. The molecule has 5 heteroatoms. The van der Waals surface area contributed by atoms with Crippen LogP contribution in [0, 0.1) is 13.8 Å². The van der Waals surface area contributed by atoms with Crippen LogP contribution in [-0.2, 0) is 0 Å². The van der Waals surface area contributed by atoms with Gasteiger partial charge in [-0.3, -0.25) is 0 Å². The molecule has 0 saturated heterocycles. The number of rotatable bonds is 4. The minimum Gasteiger partial charge on any atom is -0.494 e. The van der Waals surface area contributed by atoms with Crippen molar-refractivity contribution < 1.29 is 9.15 Å². The molecule has 0 bridgehead atoms. The monoisotopic (exact) mass is 426 g/mol. The number of aryl methyl sites for hydroxylation is 2. The lowest BCUT2D eigenvalue weighted by Gasteiger charge is -2.07. The fourth-order valence-electron chi connectivity index (χ4n) is 3.58. The normalized spacial score (nSPS) is 12.0. The first-order chi connectivity index (χ1) is 15.1. The van der Waals surface area contributed by atoms with Crippen molar-refractivity contribution in [2.45, 2.75) is 20.8 Å². The molecular weight excluding hydrogens is 404 g/mol. The molecule has 2 aromatic heterocycles. The molecule has 0 aliphatic heterocycles. The number of para-hydroxylation sites is 1. The van der Waals surface area contributed by atoms with E-state index in [1.165, 1.54) is 5.56 Å². The van der Waals surface area contributed by atoms with E-state index >= 15 is 0 Å². The second-order valence-electron chi connectivity index (χ2n) is 7.48. The van der Waals surface area contributed by atoms with Crippen LogP contribution in [0.4, 0.5) is 5.13 Å². The van der Waals surface area contributed by atoms with E-state index in [9.17, 15) is 0 Å². The highest BCUT2D eigenvalue weighted by Gasteiger charge is 2.10. The van der Waals surface area contributed by atoms with E-state index in [1.54, 1.807) is 11.3 Å². The van der Waals surface area contributed by atoms with Gasteiger partial charge in [0.05, 0.1) is 22.2 Å². The minimum atomic E-state index is 0.605. The number of benzene rings is 3. The lowest BCUT2D eigenvalue weighted by Crippen LogP contribution is -2.04. The number of ether oxygens (including phenoxy) is 1. The molecule has 5 aromatic rings. The standard InChI is InChI=1S/C26H22N2O2S/c1-4-29-19-12-13-22-20(14-19)21(15-23(30-22)18-10-8-16(2)9-11-18)27-26-28-25-17(3)6-5-7-24(25)31-26/h5-15H,4H2,1-3H3/b27-21+. The lowest BCUT2D eigenvalue weighted by atomic mass is 10.1. The van der Waals surface area contributed by atoms with Crippen LogP contribution in [0.5, 0.6) is 5.75 Å². The molecule has 0 atom stereocenters. The van der Waals surface area contributed by atoms with Crippen molar-refractivity contribution in [1.82, 2.24) is 4.98 Å². The summed E-state index contributed by atoms with van der Waals surface area (Å²) < 4.78 is 13.1. The molecule has 3 aromatic carbocycles. The van der Waals surface area contributed by atoms with Crippen LogP contribution < -0.4 is 10.1 Å². The van der Waals surface area contributed by atoms with Gasteiger partial charge >= 0.3 is 0 Å². The molecule has 0 N–H and O–H groups in total. The van der Waals surface area contributed by atoms with Crippen LogP contribution in [-0.4, -0.2) is 11.6 Å². The van der Waals surface area contributed by atoms with Gasteiger partial charge in [-0.1, -0.05) is 53.3 Å². The molecular formula is C26H22N2O2S. The molecule has 0 amide bonds. The Labute approximate surface area is 184 Å². The summed E-state index contributed by atoms with van der Waals surface area (Å²) in [5, 5.41) is 2.45. The number of aromatic nitrogens is 1. The van der Waals surface area contributed by atoms with Crippen LogP contribution in [0.3, 0.4) is 0 Å². The summed E-state index contributed by atoms with van der Waals surface area (Å²) in [6, 6.07) is 22.4. The van der Waals surface area contributed by atoms with Crippen molar-refractivity contribution in [2.24, 2.45) is 4.99 Å². The first kappa shape index (κ1) is 19.5. The van der Waals surface area contributed by atoms with Gasteiger partial charge in [-0.25, -0.2) is 9.98 Å². The average Bonchev–Trinajstić information content (AvgIpc) is 3.19. The third kappa shape index (κ3) is 3.84. The molecule has 0 saturated carbocycles. The van der Waals surface area contributed by atoms with Crippen molar-refractivity contribution in [3.05, 3.63) is 83.2 Å². The molecule has 0 fully saturated rings. The first-order valence-electron chi connectivity index (χ1n) is 10.3. The van der Waals surface area contributed by atoms with Gasteiger partial charge in [0.15, 0.2) is 0 Å². The summed E-state index contributed by atoms with van der Waals surface area (Å²) >= 11 is 1.59. The van der Waals surface area contributed by atoms with Crippen molar-refractivity contribution in [2.75, 3.05) is 6.61 Å². The summed E-state index contributed by atoms with van der Waals surface area (Å²) in [6.45, 7) is 6.73. The van der Waals surface area contributed by atoms with Gasteiger partial charge in [-0.05, 0) is 50.6 Å². The van der Waals surface area contributed by atoms with Crippen molar-refractivity contribution in [3.8, 4) is 17.1 Å². The van der Waals surface area contributed by atoms with Crippen LogP contribution in [0.2, 0.25) is 0 Å². The SMILES string of the molecule is CCOc1ccc2oc(-c3ccc(C)cc3)c/c(=N\c3nc4c(C)cccc4s3)c2c1. The van der Waals surface area contributed by atoms with E-state index in [2.05, 4.69) is 56.3 Å². The molecule has 0 aliphatic carbocycles. The number of hydrogen-bond donors (Lipinski definition) is 0. The van der Waals surface area contributed by atoms with Gasteiger partial charge < -0.3 is 9.15 Å². The second kappa shape index (κ2) is 8.00. The third-order valence-electron chi connectivity index (χ3n) is 5.19. The maximum atomic E-state index is 6.24. The van der Waals surface area contributed by atoms with Crippen LogP contribution >= 0.6 is 11.3 Å². The summed E-state index contributed by atoms with van der Waals surface area (Å²) in [5.41, 5.74) is 5.14. The molecule has 0 radical (unpaired) electrons. The minimum absolute atomic E-state index is 0.605. The Bertz CT molecular complexity index is 1460. The van der Waals surface area contributed by atoms with Crippen LogP contribution in [0.25, 0.3) is 32.5 Å². The number of hydrogen-bond acceptors (Lipinski definition) is 5. The van der Waals surface area contributed by atoms with Gasteiger partial charge in [-0.15, -0.1) is 0 Å². The van der Waals surface area contributed by atoms with E-state index in [0.29, 0.717) is 6.61 Å². The van der Waals surface area contributed by atoms with Crippen LogP contribution in [0.15, 0.2) is 76.1 Å². The largest absolute Gasteiger partial charge is 0.494 e. The molecule has 0 spiro atoms. The van der Waals surface area contributed by atoms with E-state index in [-0.39, 0.29) is 0 Å². The van der Waals surface area contributed by atoms with Gasteiger partial charge in [0, 0.05) is 17.0 Å². The Balaban J connectivity index is 1.76. The Kier molecular flexibility index (Phi) is 5.04. The van der Waals surface area contributed by atoms with Crippen molar-refractivity contribution >= 4 is 37.7 Å². The van der Waals surface area contributed by atoms with Gasteiger partial charge in [0.1, 0.15) is 17.1 Å². The van der Waals surface area contributed by atoms with Crippen molar-refractivity contribution in [1.29, 1.82) is 0 Å². The number of thiazole rings is 1. The maximum Gasteiger partial charge on any atom is 0.210 e. The van der Waals surface area contributed by atoms with Gasteiger partial charge in [0.2, 0.25) is 5.13 Å². The second-order valence-corrected chi connectivity index (χ2v) is 8.49. The summed E-state index contributed by atoms with van der Waals surface area (Å²) in [7, 11) is 0. The Morgan fingerprint density at radius 2 is 1.84 bits per heavy atom. The van der Waals surface area contributed by atoms with Gasteiger partial charge in [-0.2, -0.15) is 0 Å². The zero-order valence-electron chi connectivity index (χ0n) is 17.7. The predicted octanol–water partition coefficient (Wildman–Crippen LogP) is 6.96. The lowest BCUT2D eigenvalue weighted by molar-refractivity contribution is 0.340. The first-order valence-corrected chi connectivity index (χ1v) is 11.1. The van der Waals surface area contributed by atoms with Gasteiger partial charge in [0.25, 0.3) is 0 Å². The highest BCUT2D eigenvalue weighted by Crippen LogP contribution is 2.30. The Hall–Kier alpha value is -3.44. The molecule has 0 aliphatic rings. The van der Waals surface area contributed by atoms with E-state index in [0.717, 1.165) is 54.3 Å². The summed E-state index contributed by atoms with van der Waals surface area (Å²) in [5.74, 6) is 1.57.